The number of unbranched alkanes of at least 4 members (excludes halogenated alkanes) is 3. The Labute approximate surface area is 279 Å². The van der Waals surface area contributed by atoms with E-state index in [0.29, 0.717) is 71.2 Å². The molecule has 0 spiro atoms. The summed E-state index contributed by atoms with van der Waals surface area (Å²) in [4.78, 5) is 67.5. The molecule has 2 aliphatic heterocycles. The molecule has 7 nitrogen and oxygen atoms in total. The van der Waals surface area contributed by atoms with Gasteiger partial charge >= 0.3 is 0 Å². The lowest BCUT2D eigenvalue weighted by Crippen LogP contribution is -2.30. The maximum Gasteiger partial charge on any atom is 0.261 e. The van der Waals surface area contributed by atoms with Gasteiger partial charge in [0, 0.05) is 24.2 Å². The van der Waals surface area contributed by atoms with E-state index < -0.39 is 0 Å². The minimum Gasteiger partial charge on any atom is -0.289 e. The van der Waals surface area contributed by atoms with Crippen molar-refractivity contribution in [2.24, 2.45) is 0 Å². The van der Waals surface area contributed by atoms with E-state index in [4.69, 9.17) is 0 Å². The molecule has 0 N–H and O–H groups in total. The molecule has 7 heteroatoms. The third kappa shape index (κ3) is 6.32. The number of imide groups is 2. The molecule has 0 aromatic heterocycles. The number of fused-ring (bicyclic) bond motifs is 3. The van der Waals surface area contributed by atoms with Crippen LogP contribution in [0.5, 0.6) is 0 Å². The number of carbonyl (C=O) groups is 5. The van der Waals surface area contributed by atoms with Gasteiger partial charge in [-0.3, -0.25) is 33.8 Å². The summed E-state index contributed by atoms with van der Waals surface area (Å²) < 4.78 is 0. The highest BCUT2D eigenvalue weighted by Crippen LogP contribution is 2.28. The molecule has 0 saturated heterocycles. The summed E-state index contributed by atoms with van der Waals surface area (Å²) >= 11 is 0. The summed E-state index contributed by atoms with van der Waals surface area (Å²) in [5.74, 6) is -1.27. The molecule has 4 amide bonds. The molecule has 6 rings (SSSR count). The van der Waals surface area contributed by atoms with Gasteiger partial charge in [0.2, 0.25) is 0 Å². The largest absolute Gasteiger partial charge is 0.289 e. The predicted octanol–water partition coefficient (Wildman–Crippen LogP) is 7.99. The van der Waals surface area contributed by atoms with Gasteiger partial charge in [-0.05, 0) is 84.4 Å². The van der Waals surface area contributed by atoms with Crippen molar-refractivity contribution in [2.75, 3.05) is 13.1 Å². The maximum atomic E-state index is 14.0. The highest BCUT2D eigenvalue weighted by Gasteiger charge is 2.35. The first-order valence-electron chi connectivity index (χ1n) is 16.3. The molecule has 0 unspecified atom stereocenters. The fourth-order valence-corrected chi connectivity index (χ4v) is 6.35. The zero-order chi connectivity index (χ0) is 33.8. The molecule has 2 aliphatic rings. The Hall–Kier alpha value is -5.69. The van der Waals surface area contributed by atoms with E-state index in [9.17, 15) is 24.0 Å². The third-order valence-electron chi connectivity index (χ3n) is 9.06. The van der Waals surface area contributed by atoms with Gasteiger partial charge in [0.05, 0.1) is 22.3 Å². The number of ketones is 1. The van der Waals surface area contributed by atoms with E-state index in [-0.39, 0.29) is 36.0 Å². The quantitative estimate of drug-likeness (QED) is 0.0460. The molecule has 0 bridgehead atoms. The second-order valence-electron chi connectivity index (χ2n) is 12.2. The summed E-state index contributed by atoms with van der Waals surface area (Å²) in [6, 6.07) is 27.1. The molecule has 0 atom stereocenters. The predicted molar refractivity (Wildman–Crippen MR) is 186 cm³/mol. The van der Waals surface area contributed by atoms with Crippen molar-refractivity contribution in [3.63, 3.8) is 0 Å². The molecule has 4 aromatic carbocycles. The SMILES string of the molecule is C=C(CCCCCN1C(=O)c2ccccc2C1=O)C(=C)/C(=C/CCCN1C(=O)c2ccccc2C1=O)C(=O)c1ccc2ccccc2c1. The van der Waals surface area contributed by atoms with E-state index in [1.54, 1.807) is 48.5 Å². The van der Waals surface area contributed by atoms with Gasteiger partial charge in [0.15, 0.2) is 5.78 Å². The molecule has 48 heavy (non-hydrogen) atoms. The minimum absolute atomic E-state index is 0.168. The van der Waals surface area contributed by atoms with Gasteiger partial charge in [-0.2, -0.15) is 0 Å². The fraction of sp³-hybridized carbons (Fsp3) is 0.195. The zero-order valence-corrected chi connectivity index (χ0v) is 26.7. The second-order valence-corrected chi connectivity index (χ2v) is 12.2. The molecular weight excluding hydrogens is 600 g/mol. The Balaban J connectivity index is 1.09. The standard InChI is InChI=1S/C41H36N2O5/c1-27(14-4-3-12-24-42-38(45)33-18-7-8-19-34(33)39(42)46)28(2)32(37(44)31-23-22-29-15-5-6-16-30(29)26-31)17-11-13-25-43-40(47)35-20-9-10-21-36(35)41(43)48/h5-10,15-23,26H,1-4,11-14,24-25H2/b32-17-. The molecule has 0 saturated carbocycles. The lowest BCUT2D eigenvalue weighted by atomic mass is 9.89. The molecule has 4 aromatic rings. The summed E-state index contributed by atoms with van der Waals surface area (Å²) in [7, 11) is 0. The average molecular weight is 637 g/mol. The van der Waals surface area contributed by atoms with Gasteiger partial charge in [-0.15, -0.1) is 0 Å². The van der Waals surface area contributed by atoms with Crippen molar-refractivity contribution < 1.29 is 24.0 Å². The zero-order valence-electron chi connectivity index (χ0n) is 26.7. The van der Waals surface area contributed by atoms with Crippen LogP contribution in [0.4, 0.5) is 0 Å². The van der Waals surface area contributed by atoms with Gasteiger partial charge in [0.1, 0.15) is 0 Å². The first-order valence-corrected chi connectivity index (χ1v) is 16.3. The Morgan fingerprint density at radius 1 is 0.583 bits per heavy atom. The monoisotopic (exact) mass is 636 g/mol. The van der Waals surface area contributed by atoms with Crippen LogP contribution in [-0.4, -0.2) is 52.3 Å². The number of hydrogen-bond donors (Lipinski definition) is 0. The van der Waals surface area contributed by atoms with E-state index in [1.165, 1.54) is 9.80 Å². The number of rotatable bonds is 14. The van der Waals surface area contributed by atoms with E-state index >= 15 is 0 Å². The Morgan fingerprint density at radius 3 is 1.65 bits per heavy atom. The molecule has 0 fully saturated rings. The third-order valence-corrected chi connectivity index (χ3v) is 9.06. The summed E-state index contributed by atoms with van der Waals surface area (Å²) in [5.41, 5.74) is 4.00. The molecule has 0 aliphatic carbocycles. The molecule has 0 radical (unpaired) electrons. The fourth-order valence-electron chi connectivity index (χ4n) is 6.35. The molecule has 240 valence electrons. The van der Waals surface area contributed by atoms with Crippen molar-refractivity contribution in [2.45, 2.75) is 38.5 Å². The first-order chi connectivity index (χ1) is 23.3. The van der Waals surface area contributed by atoms with Crippen molar-refractivity contribution in [3.8, 4) is 0 Å². The Bertz CT molecular complexity index is 1970. The number of allylic oxidation sites excluding steroid dienone is 4. The summed E-state index contributed by atoms with van der Waals surface area (Å²) in [6.45, 7) is 9.11. The van der Waals surface area contributed by atoms with Crippen molar-refractivity contribution in [3.05, 3.63) is 155 Å². The number of nitrogens with zero attached hydrogens (tertiary/aromatic N) is 2. The lowest BCUT2D eigenvalue weighted by molar-refractivity contribution is 0.0636. The highest BCUT2D eigenvalue weighted by molar-refractivity contribution is 6.22. The Morgan fingerprint density at radius 2 is 1.08 bits per heavy atom. The van der Waals surface area contributed by atoms with E-state index in [2.05, 4.69) is 13.2 Å². The van der Waals surface area contributed by atoms with Crippen LogP contribution >= 0.6 is 0 Å². The summed E-state index contributed by atoms with van der Waals surface area (Å²) in [5, 5.41) is 1.99. The van der Waals surface area contributed by atoms with Crippen molar-refractivity contribution in [1.82, 2.24) is 9.80 Å². The first kappa shape index (κ1) is 32.3. The number of hydrogen-bond acceptors (Lipinski definition) is 5. The van der Waals surface area contributed by atoms with Crippen LogP contribution in [-0.2, 0) is 0 Å². The number of benzene rings is 4. The smallest absolute Gasteiger partial charge is 0.261 e. The number of amides is 4. The van der Waals surface area contributed by atoms with Crippen LogP contribution in [0, 0.1) is 0 Å². The molecule has 2 heterocycles. The topological polar surface area (TPSA) is 91.8 Å². The summed E-state index contributed by atoms with van der Waals surface area (Å²) in [6.07, 6.45) is 5.54. The van der Waals surface area contributed by atoms with Crippen LogP contribution in [0.15, 0.2) is 127 Å². The van der Waals surface area contributed by atoms with E-state index in [1.807, 2.05) is 48.5 Å². The van der Waals surface area contributed by atoms with Gasteiger partial charge in [-0.1, -0.05) is 86.3 Å². The van der Waals surface area contributed by atoms with Gasteiger partial charge in [0.25, 0.3) is 23.6 Å². The lowest BCUT2D eigenvalue weighted by Gasteiger charge is -2.16. The van der Waals surface area contributed by atoms with Crippen molar-refractivity contribution >= 4 is 40.2 Å². The normalized spacial score (nSPS) is 14.1. The number of Topliss-reactive ketones (excluding diaryl/α,β-unsaturated/α-hetero) is 1. The van der Waals surface area contributed by atoms with Crippen LogP contribution in [0.2, 0.25) is 0 Å². The average Bonchev–Trinajstić information content (AvgIpc) is 3.50. The van der Waals surface area contributed by atoms with Crippen molar-refractivity contribution in [1.29, 1.82) is 0 Å². The maximum absolute atomic E-state index is 14.0. The van der Waals surface area contributed by atoms with Gasteiger partial charge < -0.3 is 0 Å². The van der Waals surface area contributed by atoms with Crippen LogP contribution in [0.3, 0.4) is 0 Å². The van der Waals surface area contributed by atoms with Gasteiger partial charge in [-0.25, -0.2) is 0 Å². The Kier molecular flexibility index (Phi) is 9.39. The minimum atomic E-state index is -0.298. The van der Waals surface area contributed by atoms with Crippen LogP contribution in [0.1, 0.15) is 90.3 Å². The van der Waals surface area contributed by atoms with E-state index in [0.717, 1.165) is 29.2 Å². The number of carbonyl (C=O) groups excluding carboxylic acids is 5. The second kappa shape index (κ2) is 14.0. The highest BCUT2D eigenvalue weighted by atomic mass is 16.2. The molecular formula is C41H36N2O5. The van der Waals surface area contributed by atoms with Crippen LogP contribution < -0.4 is 0 Å². The van der Waals surface area contributed by atoms with Crippen LogP contribution in [0.25, 0.3) is 10.8 Å².